The molecule has 1 atom stereocenters. The van der Waals surface area contributed by atoms with E-state index in [0.717, 1.165) is 37.4 Å². The molecule has 0 unspecified atom stereocenters. The molecule has 1 fully saturated rings. The summed E-state index contributed by atoms with van der Waals surface area (Å²) in [6, 6.07) is 14.7. The van der Waals surface area contributed by atoms with Crippen molar-refractivity contribution in [3.8, 4) is 0 Å². The van der Waals surface area contributed by atoms with E-state index in [9.17, 15) is 0 Å². The Bertz CT molecular complexity index is 810. The largest absolute Gasteiger partial charge is 0.354 e. The first-order chi connectivity index (χ1) is 12.3. The number of nitrogens with zero attached hydrogens (tertiary/aromatic N) is 4. The van der Waals surface area contributed by atoms with Crippen LogP contribution in [0.4, 0.5) is 5.82 Å². The summed E-state index contributed by atoms with van der Waals surface area (Å²) in [6.45, 7) is 3.97. The fourth-order valence-electron chi connectivity index (χ4n) is 3.61. The highest BCUT2D eigenvalue weighted by atomic mass is 15.3. The van der Waals surface area contributed by atoms with E-state index in [2.05, 4.69) is 61.7 Å². The van der Waals surface area contributed by atoms with E-state index in [1.165, 1.54) is 23.2 Å². The zero-order valence-corrected chi connectivity index (χ0v) is 14.5. The molecule has 0 spiro atoms. The van der Waals surface area contributed by atoms with Crippen LogP contribution < -0.4 is 4.90 Å². The van der Waals surface area contributed by atoms with Crippen molar-refractivity contribution in [3.63, 3.8) is 0 Å². The normalized spacial score (nSPS) is 17.6. The Morgan fingerprint density at radius 1 is 1.12 bits per heavy atom. The molecule has 1 aliphatic rings. The molecule has 3 aromatic rings. The topological polar surface area (TPSA) is 57.7 Å². The van der Waals surface area contributed by atoms with Gasteiger partial charge >= 0.3 is 0 Å². The van der Waals surface area contributed by atoms with Gasteiger partial charge in [0.05, 0.1) is 11.9 Å². The van der Waals surface area contributed by atoms with Crippen LogP contribution in [-0.4, -0.2) is 33.5 Å². The minimum absolute atomic E-state index is 0.457. The van der Waals surface area contributed by atoms with Crippen LogP contribution in [0.25, 0.3) is 0 Å². The van der Waals surface area contributed by atoms with Crippen LogP contribution in [0.2, 0.25) is 0 Å². The lowest BCUT2D eigenvalue weighted by atomic mass is 9.91. The number of nitrogens with one attached hydrogen (secondary N) is 1. The third-order valence-electron chi connectivity index (χ3n) is 4.93. The van der Waals surface area contributed by atoms with E-state index < -0.39 is 0 Å². The Kier molecular flexibility index (Phi) is 4.46. The van der Waals surface area contributed by atoms with E-state index in [0.29, 0.717) is 5.92 Å². The molecule has 0 amide bonds. The van der Waals surface area contributed by atoms with Crippen LogP contribution in [0.15, 0.2) is 48.7 Å². The molecule has 5 heteroatoms. The molecule has 0 saturated carbocycles. The van der Waals surface area contributed by atoms with Crippen LogP contribution in [0.3, 0.4) is 0 Å². The average molecular weight is 333 g/mol. The molecule has 5 nitrogen and oxygen atoms in total. The Morgan fingerprint density at radius 2 is 2.00 bits per heavy atom. The molecule has 1 aliphatic heterocycles. The van der Waals surface area contributed by atoms with E-state index in [-0.39, 0.29) is 0 Å². The van der Waals surface area contributed by atoms with Crippen LogP contribution in [0.5, 0.6) is 0 Å². The summed E-state index contributed by atoms with van der Waals surface area (Å²) in [6.07, 6.45) is 5.24. The number of aromatic nitrogens is 4. The van der Waals surface area contributed by atoms with Gasteiger partial charge in [0.15, 0.2) is 5.82 Å². The van der Waals surface area contributed by atoms with E-state index >= 15 is 0 Å². The fraction of sp³-hybridized carbons (Fsp3) is 0.350. The number of piperidine rings is 1. The van der Waals surface area contributed by atoms with Gasteiger partial charge < -0.3 is 4.90 Å². The van der Waals surface area contributed by atoms with Gasteiger partial charge in [0, 0.05) is 31.1 Å². The van der Waals surface area contributed by atoms with Gasteiger partial charge in [0.1, 0.15) is 0 Å². The zero-order valence-electron chi connectivity index (χ0n) is 14.5. The Labute approximate surface area is 148 Å². The minimum atomic E-state index is 0.457. The summed E-state index contributed by atoms with van der Waals surface area (Å²) in [5.41, 5.74) is 4.85. The van der Waals surface area contributed by atoms with Crippen LogP contribution in [-0.2, 0) is 6.42 Å². The zero-order chi connectivity index (χ0) is 17.1. The SMILES string of the molecule is Cc1ccc(N2CCC[C@@H](c3[nH]ncc3Cc3ccccc3)C2)nn1. The van der Waals surface area contributed by atoms with Crippen molar-refractivity contribution >= 4 is 5.82 Å². The van der Waals surface area contributed by atoms with Gasteiger partial charge in [-0.3, -0.25) is 5.10 Å². The third kappa shape index (κ3) is 3.55. The molecular formula is C20H23N5. The quantitative estimate of drug-likeness (QED) is 0.794. The standard InChI is InChI=1S/C20H23N5/c1-15-9-10-19(23-22-15)25-11-5-8-17(14-25)20-18(13-21-24-20)12-16-6-3-2-4-7-16/h2-4,6-7,9-10,13,17H,5,8,11-12,14H2,1H3,(H,21,24)/t17-/m1/s1. The number of anilines is 1. The van der Waals surface area contributed by atoms with Gasteiger partial charge in [-0.1, -0.05) is 30.3 Å². The second-order valence-corrected chi connectivity index (χ2v) is 6.79. The molecule has 0 radical (unpaired) electrons. The Morgan fingerprint density at radius 3 is 2.80 bits per heavy atom. The first-order valence-corrected chi connectivity index (χ1v) is 8.91. The molecule has 1 N–H and O–H groups in total. The molecule has 3 heterocycles. The lowest BCUT2D eigenvalue weighted by Gasteiger charge is -2.33. The molecule has 4 rings (SSSR count). The van der Waals surface area contributed by atoms with Crippen molar-refractivity contribution in [2.45, 2.75) is 32.1 Å². The van der Waals surface area contributed by atoms with Crippen LogP contribution in [0, 0.1) is 6.92 Å². The second kappa shape index (κ2) is 7.05. The van der Waals surface area contributed by atoms with Crippen LogP contribution >= 0.6 is 0 Å². The summed E-state index contributed by atoms with van der Waals surface area (Å²) >= 11 is 0. The van der Waals surface area contributed by atoms with Gasteiger partial charge in [0.25, 0.3) is 0 Å². The molecule has 25 heavy (non-hydrogen) atoms. The van der Waals surface area contributed by atoms with Crippen molar-refractivity contribution in [2.24, 2.45) is 0 Å². The van der Waals surface area contributed by atoms with Gasteiger partial charge in [-0.2, -0.15) is 10.2 Å². The summed E-state index contributed by atoms with van der Waals surface area (Å²) in [5.74, 6) is 1.43. The highest BCUT2D eigenvalue weighted by Gasteiger charge is 2.25. The predicted octanol–water partition coefficient (Wildman–Crippen LogP) is 3.48. The summed E-state index contributed by atoms with van der Waals surface area (Å²) in [7, 11) is 0. The van der Waals surface area contributed by atoms with Gasteiger partial charge in [-0.25, -0.2) is 0 Å². The molecule has 1 saturated heterocycles. The van der Waals surface area contributed by atoms with Crippen molar-refractivity contribution < 1.29 is 0 Å². The molecule has 0 bridgehead atoms. The monoisotopic (exact) mass is 333 g/mol. The van der Waals surface area contributed by atoms with Gasteiger partial charge in [-0.05, 0) is 43.0 Å². The number of H-pyrrole nitrogens is 1. The molecule has 128 valence electrons. The van der Waals surface area contributed by atoms with Crippen molar-refractivity contribution in [2.75, 3.05) is 18.0 Å². The molecule has 1 aromatic carbocycles. The van der Waals surface area contributed by atoms with Gasteiger partial charge in [-0.15, -0.1) is 5.10 Å². The third-order valence-corrected chi connectivity index (χ3v) is 4.93. The minimum Gasteiger partial charge on any atom is -0.354 e. The molecular weight excluding hydrogens is 310 g/mol. The fourth-order valence-corrected chi connectivity index (χ4v) is 3.61. The smallest absolute Gasteiger partial charge is 0.151 e. The summed E-state index contributed by atoms with van der Waals surface area (Å²) in [5, 5.41) is 16.2. The summed E-state index contributed by atoms with van der Waals surface area (Å²) in [4.78, 5) is 2.34. The first-order valence-electron chi connectivity index (χ1n) is 8.91. The van der Waals surface area contributed by atoms with Crippen molar-refractivity contribution in [3.05, 3.63) is 71.2 Å². The second-order valence-electron chi connectivity index (χ2n) is 6.79. The maximum atomic E-state index is 4.36. The maximum absolute atomic E-state index is 4.36. The van der Waals surface area contributed by atoms with E-state index in [4.69, 9.17) is 0 Å². The maximum Gasteiger partial charge on any atom is 0.151 e. The highest BCUT2D eigenvalue weighted by Crippen LogP contribution is 2.30. The number of hydrogen-bond donors (Lipinski definition) is 1. The van der Waals surface area contributed by atoms with Crippen molar-refractivity contribution in [1.29, 1.82) is 0 Å². The van der Waals surface area contributed by atoms with Crippen LogP contribution in [0.1, 0.15) is 41.3 Å². The molecule has 0 aliphatic carbocycles. The number of hydrogen-bond acceptors (Lipinski definition) is 4. The highest BCUT2D eigenvalue weighted by molar-refractivity contribution is 5.40. The van der Waals surface area contributed by atoms with Gasteiger partial charge in [0.2, 0.25) is 0 Å². The Balaban J connectivity index is 1.52. The number of rotatable bonds is 4. The first kappa shape index (κ1) is 15.8. The van der Waals surface area contributed by atoms with E-state index in [1.54, 1.807) is 0 Å². The predicted molar refractivity (Wildman–Crippen MR) is 98.8 cm³/mol. The lowest BCUT2D eigenvalue weighted by molar-refractivity contribution is 0.494. The Hall–Kier alpha value is -2.69. The number of aromatic amines is 1. The molecule has 2 aromatic heterocycles. The number of aryl methyl sites for hydroxylation is 1. The number of benzene rings is 1. The van der Waals surface area contributed by atoms with Crippen molar-refractivity contribution in [1.82, 2.24) is 20.4 Å². The average Bonchev–Trinajstić information content (AvgIpc) is 3.11. The van der Waals surface area contributed by atoms with E-state index in [1.807, 2.05) is 19.2 Å². The summed E-state index contributed by atoms with van der Waals surface area (Å²) < 4.78 is 0. The lowest BCUT2D eigenvalue weighted by Crippen LogP contribution is -2.35.